The lowest BCUT2D eigenvalue weighted by Crippen LogP contribution is -2.47. The van der Waals surface area contributed by atoms with Crippen molar-refractivity contribution < 1.29 is 4.74 Å². The van der Waals surface area contributed by atoms with Gasteiger partial charge in [0.25, 0.3) is 0 Å². The first kappa shape index (κ1) is 20.6. The summed E-state index contributed by atoms with van der Waals surface area (Å²) in [5.74, 6) is 0.880. The molecule has 0 spiro atoms. The molecule has 1 aliphatic rings. The van der Waals surface area contributed by atoms with Crippen molar-refractivity contribution in [2.45, 2.75) is 39.3 Å². The zero-order valence-electron chi connectivity index (χ0n) is 17.4. The normalized spacial score (nSPS) is 15.3. The van der Waals surface area contributed by atoms with Crippen LogP contribution >= 0.6 is 12.2 Å². The lowest BCUT2D eigenvalue weighted by molar-refractivity contribution is 0.173. The van der Waals surface area contributed by atoms with Crippen molar-refractivity contribution in [1.29, 1.82) is 0 Å². The van der Waals surface area contributed by atoms with Crippen LogP contribution in [-0.2, 0) is 6.54 Å². The number of methoxy groups -OCH3 is 1. The number of hydrogen-bond acceptors (Lipinski definition) is 3. The number of anilines is 1. The molecule has 0 aliphatic carbocycles. The molecule has 2 aromatic rings. The highest BCUT2D eigenvalue weighted by Gasteiger charge is 2.25. The predicted octanol–water partition coefficient (Wildman–Crippen LogP) is 4.61. The number of nitrogens with one attached hydrogen (secondary N) is 1. The number of aryl methyl sites for hydroxylation is 2. The van der Waals surface area contributed by atoms with Gasteiger partial charge in [-0.15, -0.1) is 0 Å². The van der Waals surface area contributed by atoms with Gasteiger partial charge >= 0.3 is 0 Å². The lowest BCUT2D eigenvalue weighted by atomic mass is 10.0. The summed E-state index contributed by atoms with van der Waals surface area (Å²) in [6.45, 7) is 7.28. The SMILES string of the molecule is COc1ccc(CN(C(=S)Nc2ccc(C)c(C)c2)C2CCN(C)CC2)cc1. The van der Waals surface area contributed by atoms with Crippen LogP contribution in [0.25, 0.3) is 0 Å². The molecule has 1 saturated heterocycles. The van der Waals surface area contributed by atoms with Crippen molar-refractivity contribution in [2.75, 3.05) is 32.6 Å². The maximum absolute atomic E-state index is 5.87. The molecule has 0 radical (unpaired) electrons. The van der Waals surface area contributed by atoms with Gasteiger partial charge in [0.05, 0.1) is 7.11 Å². The lowest BCUT2D eigenvalue weighted by Gasteiger charge is -2.39. The molecule has 0 saturated carbocycles. The molecule has 3 rings (SSSR count). The molecule has 0 unspecified atom stereocenters. The minimum atomic E-state index is 0.449. The maximum atomic E-state index is 5.87. The summed E-state index contributed by atoms with van der Waals surface area (Å²) in [6, 6.07) is 15.1. The first-order chi connectivity index (χ1) is 13.5. The Labute approximate surface area is 174 Å². The minimum Gasteiger partial charge on any atom is -0.497 e. The van der Waals surface area contributed by atoms with Crippen LogP contribution in [0.3, 0.4) is 0 Å². The molecule has 1 aliphatic heterocycles. The van der Waals surface area contributed by atoms with Crippen LogP contribution in [0.5, 0.6) is 5.75 Å². The Hall–Kier alpha value is -2.11. The summed E-state index contributed by atoms with van der Waals surface area (Å²) in [6.07, 6.45) is 2.25. The molecule has 1 fully saturated rings. The highest BCUT2D eigenvalue weighted by molar-refractivity contribution is 7.80. The number of hydrogen-bond donors (Lipinski definition) is 1. The van der Waals surface area contributed by atoms with Crippen molar-refractivity contribution >= 4 is 23.0 Å². The highest BCUT2D eigenvalue weighted by atomic mass is 32.1. The molecule has 0 aromatic heterocycles. The van der Waals surface area contributed by atoms with Crippen molar-refractivity contribution in [3.63, 3.8) is 0 Å². The summed E-state index contributed by atoms with van der Waals surface area (Å²) < 4.78 is 5.29. The maximum Gasteiger partial charge on any atom is 0.173 e. The first-order valence-electron chi connectivity index (χ1n) is 9.92. The second-order valence-corrected chi connectivity index (χ2v) is 8.13. The molecule has 0 amide bonds. The van der Waals surface area contributed by atoms with E-state index in [0.717, 1.165) is 49.0 Å². The van der Waals surface area contributed by atoms with Crippen LogP contribution in [0.1, 0.15) is 29.5 Å². The Morgan fingerprint density at radius 3 is 2.39 bits per heavy atom. The Kier molecular flexibility index (Phi) is 6.92. The van der Waals surface area contributed by atoms with Crippen LogP contribution in [0.2, 0.25) is 0 Å². The number of ether oxygens (including phenoxy) is 1. The highest BCUT2D eigenvalue weighted by Crippen LogP contribution is 2.22. The van der Waals surface area contributed by atoms with Gasteiger partial charge < -0.3 is 19.9 Å². The third-order valence-electron chi connectivity index (χ3n) is 5.66. The standard InChI is InChI=1S/C23H31N3OS/c1-17-5-8-20(15-18(17)2)24-23(28)26(21-11-13-25(3)14-12-21)16-19-6-9-22(27-4)10-7-19/h5-10,15,21H,11-14,16H2,1-4H3,(H,24,28). The van der Waals surface area contributed by atoms with Crippen molar-refractivity contribution in [2.24, 2.45) is 0 Å². The van der Waals surface area contributed by atoms with Crippen molar-refractivity contribution in [3.8, 4) is 5.75 Å². The molecule has 5 heteroatoms. The van der Waals surface area contributed by atoms with Crippen LogP contribution < -0.4 is 10.1 Å². The van der Waals surface area contributed by atoms with E-state index in [4.69, 9.17) is 17.0 Å². The number of rotatable bonds is 5. The zero-order valence-corrected chi connectivity index (χ0v) is 18.2. The fourth-order valence-corrected chi connectivity index (χ4v) is 3.95. The Morgan fingerprint density at radius 2 is 1.79 bits per heavy atom. The van der Waals surface area contributed by atoms with Crippen LogP contribution in [-0.4, -0.2) is 48.2 Å². The van der Waals surface area contributed by atoms with Gasteiger partial charge in [-0.3, -0.25) is 0 Å². The van der Waals surface area contributed by atoms with E-state index in [1.807, 2.05) is 12.1 Å². The molecular weight excluding hydrogens is 366 g/mol. The van der Waals surface area contributed by atoms with E-state index < -0.39 is 0 Å². The third-order valence-corrected chi connectivity index (χ3v) is 6.00. The van der Waals surface area contributed by atoms with E-state index in [0.29, 0.717) is 6.04 Å². The molecule has 28 heavy (non-hydrogen) atoms. The van der Waals surface area contributed by atoms with E-state index in [2.05, 4.69) is 66.3 Å². The zero-order chi connectivity index (χ0) is 20.1. The number of nitrogens with zero attached hydrogens (tertiary/aromatic N) is 2. The summed E-state index contributed by atoms with van der Waals surface area (Å²) >= 11 is 5.87. The van der Waals surface area contributed by atoms with E-state index in [1.165, 1.54) is 16.7 Å². The second kappa shape index (κ2) is 9.39. The molecule has 1 heterocycles. The summed E-state index contributed by atoms with van der Waals surface area (Å²) in [4.78, 5) is 4.75. The van der Waals surface area contributed by atoms with Crippen molar-refractivity contribution in [1.82, 2.24) is 9.80 Å². The second-order valence-electron chi connectivity index (χ2n) is 7.74. The largest absolute Gasteiger partial charge is 0.497 e. The van der Waals surface area contributed by atoms with E-state index in [9.17, 15) is 0 Å². The van der Waals surface area contributed by atoms with Gasteiger partial charge in [0, 0.05) is 18.3 Å². The quantitative estimate of drug-likeness (QED) is 0.744. The smallest absolute Gasteiger partial charge is 0.173 e. The van der Waals surface area contributed by atoms with Gasteiger partial charge in [-0.2, -0.15) is 0 Å². The predicted molar refractivity (Wildman–Crippen MR) is 121 cm³/mol. The summed E-state index contributed by atoms with van der Waals surface area (Å²) in [7, 11) is 3.89. The molecule has 4 nitrogen and oxygen atoms in total. The average molecular weight is 398 g/mol. The van der Waals surface area contributed by atoms with Crippen LogP contribution in [0, 0.1) is 13.8 Å². The van der Waals surface area contributed by atoms with Crippen LogP contribution in [0.4, 0.5) is 5.69 Å². The van der Waals surface area contributed by atoms with E-state index in [1.54, 1.807) is 7.11 Å². The number of thiocarbonyl (C=S) groups is 1. The number of likely N-dealkylation sites (tertiary alicyclic amines) is 1. The monoisotopic (exact) mass is 397 g/mol. The topological polar surface area (TPSA) is 27.7 Å². The Bertz CT molecular complexity index is 798. The molecule has 150 valence electrons. The molecule has 0 atom stereocenters. The molecule has 0 bridgehead atoms. The van der Waals surface area contributed by atoms with Crippen molar-refractivity contribution in [3.05, 3.63) is 59.2 Å². The van der Waals surface area contributed by atoms with Gasteiger partial charge in [-0.05, 0) is 100.0 Å². The molecule has 1 N–H and O–H groups in total. The van der Waals surface area contributed by atoms with Gasteiger partial charge in [0.1, 0.15) is 5.75 Å². The summed E-state index contributed by atoms with van der Waals surface area (Å²) in [5, 5.41) is 4.28. The molecule has 2 aromatic carbocycles. The average Bonchev–Trinajstić information content (AvgIpc) is 2.70. The minimum absolute atomic E-state index is 0.449. The number of benzene rings is 2. The van der Waals surface area contributed by atoms with Crippen LogP contribution in [0.15, 0.2) is 42.5 Å². The fourth-order valence-electron chi connectivity index (χ4n) is 3.62. The fraction of sp³-hybridized carbons (Fsp3) is 0.435. The van der Waals surface area contributed by atoms with E-state index >= 15 is 0 Å². The summed E-state index contributed by atoms with van der Waals surface area (Å²) in [5.41, 5.74) is 4.86. The van der Waals surface area contributed by atoms with E-state index in [-0.39, 0.29) is 0 Å². The Balaban J connectivity index is 1.77. The first-order valence-corrected chi connectivity index (χ1v) is 10.3. The van der Waals surface area contributed by atoms with Gasteiger partial charge in [-0.1, -0.05) is 18.2 Å². The molecular formula is C23H31N3OS. The Morgan fingerprint density at radius 1 is 1.11 bits per heavy atom. The number of piperidine rings is 1. The van der Waals surface area contributed by atoms with Gasteiger partial charge in [0.15, 0.2) is 5.11 Å². The third kappa shape index (κ3) is 5.24. The van der Waals surface area contributed by atoms with Gasteiger partial charge in [-0.25, -0.2) is 0 Å². The van der Waals surface area contributed by atoms with Gasteiger partial charge in [0.2, 0.25) is 0 Å².